The van der Waals surface area contributed by atoms with Crippen LogP contribution in [0.3, 0.4) is 0 Å². The number of aromatic amines is 2. The lowest BCUT2D eigenvalue weighted by molar-refractivity contribution is 0.679. The Kier molecular flexibility index (Phi) is 5.14. The second-order valence-corrected chi connectivity index (χ2v) is 9.48. The minimum Gasteiger partial charge on any atom is -0.342 e. The molecule has 0 unspecified atom stereocenters. The molecule has 6 rings (SSSR count). The summed E-state index contributed by atoms with van der Waals surface area (Å²) in [5.74, 6) is 3.55. The van der Waals surface area contributed by atoms with Crippen LogP contribution in [-0.2, 0) is 0 Å². The van der Waals surface area contributed by atoms with Gasteiger partial charge in [-0.15, -0.1) is 0 Å². The normalized spacial score (nSPS) is 17.4. The van der Waals surface area contributed by atoms with Crippen LogP contribution in [-0.4, -0.2) is 19.9 Å². The second-order valence-electron chi connectivity index (χ2n) is 9.48. The molecule has 0 radical (unpaired) electrons. The van der Waals surface area contributed by atoms with Crippen molar-refractivity contribution in [3.05, 3.63) is 72.6 Å². The number of H-pyrrole nitrogens is 2. The molecule has 0 aliphatic heterocycles. The van der Waals surface area contributed by atoms with Crippen molar-refractivity contribution >= 4 is 0 Å². The first-order valence-corrected chi connectivity index (χ1v) is 12.1. The van der Waals surface area contributed by atoms with Crippen molar-refractivity contribution in [2.45, 2.75) is 63.2 Å². The quantitative estimate of drug-likeness (QED) is 0.351. The van der Waals surface area contributed by atoms with E-state index in [0.29, 0.717) is 11.8 Å². The number of rotatable bonds is 5. The molecule has 0 spiro atoms. The topological polar surface area (TPSA) is 57.4 Å². The molecule has 2 fully saturated rings. The van der Waals surface area contributed by atoms with Crippen LogP contribution in [0.25, 0.3) is 33.6 Å². The highest BCUT2D eigenvalue weighted by atomic mass is 14.9. The fraction of sp³-hybridized carbons (Fsp3) is 0.357. The van der Waals surface area contributed by atoms with Crippen LogP contribution in [0.15, 0.2) is 60.9 Å². The Morgan fingerprint density at radius 2 is 0.844 bits per heavy atom. The van der Waals surface area contributed by atoms with Gasteiger partial charge in [0.15, 0.2) is 0 Å². The highest BCUT2D eigenvalue weighted by molar-refractivity contribution is 5.71. The van der Waals surface area contributed by atoms with E-state index in [2.05, 4.69) is 68.5 Å². The van der Waals surface area contributed by atoms with E-state index < -0.39 is 0 Å². The summed E-state index contributed by atoms with van der Waals surface area (Å²) in [6.45, 7) is 0. The number of nitrogens with zero attached hydrogens (tertiary/aromatic N) is 2. The fourth-order valence-corrected chi connectivity index (χ4v) is 5.46. The number of aromatic nitrogens is 4. The zero-order chi connectivity index (χ0) is 21.3. The molecule has 2 saturated carbocycles. The van der Waals surface area contributed by atoms with Crippen molar-refractivity contribution < 1.29 is 0 Å². The van der Waals surface area contributed by atoms with Crippen LogP contribution in [0.5, 0.6) is 0 Å². The Bertz CT molecular complexity index is 1080. The van der Waals surface area contributed by atoms with Gasteiger partial charge < -0.3 is 9.97 Å². The van der Waals surface area contributed by atoms with Crippen molar-refractivity contribution in [2.24, 2.45) is 0 Å². The maximum Gasteiger partial charge on any atom is 0.109 e. The summed E-state index contributed by atoms with van der Waals surface area (Å²) < 4.78 is 0. The molecule has 2 aromatic carbocycles. The Morgan fingerprint density at radius 1 is 0.500 bits per heavy atom. The minimum atomic E-state index is 0.616. The molecule has 4 heteroatoms. The summed E-state index contributed by atoms with van der Waals surface area (Å²) in [5.41, 5.74) is 7.08. The molecule has 0 amide bonds. The van der Waals surface area contributed by atoms with Crippen molar-refractivity contribution in [3.8, 4) is 33.6 Å². The Morgan fingerprint density at radius 3 is 1.22 bits per heavy atom. The molecule has 2 aliphatic carbocycles. The number of benzene rings is 2. The molecular weight excluding hydrogens is 392 g/mol. The molecule has 2 N–H and O–H groups in total. The van der Waals surface area contributed by atoms with Gasteiger partial charge in [0, 0.05) is 11.8 Å². The van der Waals surface area contributed by atoms with E-state index in [1.165, 1.54) is 73.6 Å². The molecule has 2 heterocycles. The van der Waals surface area contributed by atoms with Crippen LogP contribution >= 0.6 is 0 Å². The molecule has 32 heavy (non-hydrogen) atoms. The van der Waals surface area contributed by atoms with Gasteiger partial charge in [-0.25, -0.2) is 9.97 Å². The van der Waals surface area contributed by atoms with E-state index in [1.54, 1.807) is 0 Å². The monoisotopic (exact) mass is 422 g/mol. The average molecular weight is 423 g/mol. The summed E-state index contributed by atoms with van der Waals surface area (Å²) in [6, 6.07) is 17.6. The summed E-state index contributed by atoms with van der Waals surface area (Å²) in [6.07, 6.45) is 14.4. The fourth-order valence-electron chi connectivity index (χ4n) is 5.46. The van der Waals surface area contributed by atoms with E-state index in [0.717, 1.165) is 23.0 Å². The maximum atomic E-state index is 4.66. The molecule has 4 nitrogen and oxygen atoms in total. The van der Waals surface area contributed by atoms with Gasteiger partial charge in [-0.1, -0.05) is 74.2 Å². The Balaban J connectivity index is 1.17. The van der Waals surface area contributed by atoms with E-state index in [9.17, 15) is 0 Å². The molecule has 2 aromatic heterocycles. The standard InChI is InChI=1S/C28H30N4/c1-2-6-23(5-1)27-29-17-25(31-27)21-13-9-19(10-14-21)20-11-15-22(16-12-20)26-18-30-28(32-26)24-7-3-4-8-24/h9-18,23-24H,1-8H2,(H,29,31)(H,30,32). The molecule has 162 valence electrons. The first-order chi connectivity index (χ1) is 15.8. The van der Waals surface area contributed by atoms with Crippen LogP contribution in [0.1, 0.15) is 74.9 Å². The smallest absolute Gasteiger partial charge is 0.109 e. The maximum absolute atomic E-state index is 4.66. The van der Waals surface area contributed by atoms with E-state index in [-0.39, 0.29) is 0 Å². The van der Waals surface area contributed by atoms with Crippen molar-refractivity contribution in [3.63, 3.8) is 0 Å². The van der Waals surface area contributed by atoms with Crippen LogP contribution in [0.2, 0.25) is 0 Å². The van der Waals surface area contributed by atoms with Gasteiger partial charge in [0.1, 0.15) is 11.6 Å². The lowest BCUT2D eigenvalue weighted by Gasteiger charge is -2.06. The largest absolute Gasteiger partial charge is 0.342 e. The summed E-state index contributed by atoms with van der Waals surface area (Å²) in [4.78, 5) is 16.4. The number of hydrogen-bond donors (Lipinski definition) is 2. The first-order valence-electron chi connectivity index (χ1n) is 12.1. The van der Waals surface area contributed by atoms with Crippen LogP contribution in [0.4, 0.5) is 0 Å². The molecule has 0 atom stereocenters. The summed E-state index contributed by atoms with van der Waals surface area (Å²) in [7, 11) is 0. The van der Waals surface area contributed by atoms with Gasteiger partial charge in [0.25, 0.3) is 0 Å². The molecule has 0 saturated heterocycles. The Labute approximate surface area is 189 Å². The predicted molar refractivity (Wildman–Crippen MR) is 129 cm³/mol. The van der Waals surface area contributed by atoms with Gasteiger partial charge in [-0.2, -0.15) is 0 Å². The lowest BCUT2D eigenvalue weighted by Crippen LogP contribution is -1.94. The molecule has 4 aromatic rings. The van der Waals surface area contributed by atoms with E-state index >= 15 is 0 Å². The lowest BCUT2D eigenvalue weighted by atomic mass is 10.0. The number of hydrogen-bond acceptors (Lipinski definition) is 2. The number of nitrogens with one attached hydrogen (secondary N) is 2. The van der Waals surface area contributed by atoms with E-state index in [4.69, 9.17) is 0 Å². The van der Waals surface area contributed by atoms with Crippen molar-refractivity contribution in [1.29, 1.82) is 0 Å². The Hall–Kier alpha value is -3.14. The minimum absolute atomic E-state index is 0.616. The van der Waals surface area contributed by atoms with Crippen LogP contribution in [0, 0.1) is 0 Å². The summed E-state index contributed by atoms with van der Waals surface area (Å²) in [5, 5.41) is 0. The number of imidazole rings is 2. The highest BCUT2D eigenvalue weighted by Crippen LogP contribution is 2.35. The van der Waals surface area contributed by atoms with Gasteiger partial charge in [-0.3, -0.25) is 0 Å². The summed E-state index contributed by atoms with van der Waals surface area (Å²) >= 11 is 0. The third-order valence-electron chi connectivity index (χ3n) is 7.40. The van der Waals surface area contributed by atoms with Gasteiger partial charge in [-0.05, 0) is 47.9 Å². The van der Waals surface area contributed by atoms with Crippen molar-refractivity contribution in [2.75, 3.05) is 0 Å². The van der Waals surface area contributed by atoms with Gasteiger partial charge >= 0.3 is 0 Å². The van der Waals surface area contributed by atoms with Gasteiger partial charge in [0.05, 0.1) is 23.8 Å². The second kappa shape index (κ2) is 8.42. The van der Waals surface area contributed by atoms with Crippen molar-refractivity contribution in [1.82, 2.24) is 19.9 Å². The highest BCUT2D eigenvalue weighted by Gasteiger charge is 2.21. The first kappa shape index (κ1) is 19.5. The zero-order valence-electron chi connectivity index (χ0n) is 18.5. The third kappa shape index (κ3) is 3.79. The zero-order valence-corrected chi connectivity index (χ0v) is 18.5. The van der Waals surface area contributed by atoms with E-state index in [1.807, 2.05) is 12.4 Å². The predicted octanol–water partition coefficient (Wildman–Crippen LogP) is 7.45. The molecular formula is C28H30N4. The molecule has 0 bridgehead atoms. The average Bonchev–Trinajstić information content (AvgIpc) is 3.66. The van der Waals surface area contributed by atoms with Crippen LogP contribution < -0.4 is 0 Å². The van der Waals surface area contributed by atoms with Gasteiger partial charge in [0.2, 0.25) is 0 Å². The third-order valence-corrected chi connectivity index (χ3v) is 7.40. The molecule has 2 aliphatic rings. The SMILES string of the molecule is c1cc(-c2cnc(C3CCCC3)[nH]2)ccc1-c1ccc(-c2cnc(C3CCCC3)[nH]2)cc1.